The molecule has 2 aromatic carbocycles. The summed E-state index contributed by atoms with van der Waals surface area (Å²) in [6.45, 7) is 5.16. The lowest BCUT2D eigenvalue weighted by molar-refractivity contribution is -0.117. The van der Waals surface area contributed by atoms with E-state index in [0.29, 0.717) is 36.3 Å². The molecular formula is C22H22ClN3O3. The van der Waals surface area contributed by atoms with Gasteiger partial charge in [0.05, 0.1) is 23.2 Å². The first-order chi connectivity index (χ1) is 14.1. The normalized spacial score (nSPS) is 16.4. The van der Waals surface area contributed by atoms with Crippen molar-refractivity contribution in [2.45, 2.75) is 32.6 Å². The van der Waals surface area contributed by atoms with Crippen LogP contribution in [0.15, 0.2) is 47.0 Å². The zero-order chi connectivity index (χ0) is 20.4. The van der Waals surface area contributed by atoms with Crippen LogP contribution in [-0.2, 0) is 4.79 Å². The molecule has 29 heavy (non-hydrogen) atoms. The van der Waals surface area contributed by atoms with Crippen molar-refractivity contribution in [1.29, 1.82) is 0 Å². The Bertz CT molecular complexity index is 996. The molecule has 4 rings (SSSR count). The number of benzene rings is 2. The molecule has 1 fully saturated rings. The van der Waals surface area contributed by atoms with Crippen LogP contribution in [0.2, 0.25) is 5.02 Å². The van der Waals surface area contributed by atoms with Gasteiger partial charge in [0.15, 0.2) is 0 Å². The van der Waals surface area contributed by atoms with Gasteiger partial charge in [-0.3, -0.25) is 4.79 Å². The number of para-hydroxylation sites is 1. The summed E-state index contributed by atoms with van der Waals surface area (Å²) in [5.74, 6) is 1.62. The van der Waals surface area contributed by atoms with Crippen LogP contribution in [-0.4, -0.2) is 29.2 Å². The number of nitrogens with zero attached hydrogens (tertiary/aromatic N) is 3. The van der Waals surface area contributed by atoms with Gasteiger partial charge in [-0.25, -0.2) is 0 Å². The zero-order valence-corrected chi connectivity index (χ0v) is 17.1. The molecule has 3 aromatic rings. The summed E-state index contributed by atoms with van der Waals surface area (Å²) >= 11 is 6.34. The molecule has 0 radical (unpaired) electrons. The first kappa shape index (κ1) is 19.5. The molecule has 1 aliphatic heterocycles. The SMILES string of the molecule is CCCOc1ccc(-c2noc(C3CC(=O)N(c4c(C)cccc4Cl)C3)n2)cc1. The highest BCUT2D eigenvalue weighted by atomic mass is 35.5. The number of amides is 1. The standard InChI is InChI=1S/C22H22ClN3O3/c1-3-11-28-17-9-7-15(8-10-17)21-24-22(29-25-21)16-12-19(27)26(13-16)20-14(2)5-4-6-18(20)23/h4-10,16H,3,11-13H2,1-2H3. The fourth-order valence-corrected chi connectivity index (χ4v) is 3.82. The van der Waals surface area contributed by atoms with Crippen molar-refractivity contribution < 1.29 is 14.1 Å². The minimum absolute atomic E-state index is 0.00313. The number of carbonyl (C=O) groups is 1. The Kier molecular flexibility index (Phi) is 5.53. The second kappa shape index (κ2) is 8.25. The summed E-state index contributed by atoms with van der Waals surface area (Å²) in [5.41, 5.74) is 2.55. The molecular weight excluding hydrogens is 390 g/mol. The third-order valence-electron chi connectivity index (χ3n) is 4.96. The molecule has 7 heteroatoms. The van der Waals surface area contributed by atoms with Gasteiger partial charge in [0.2, 0.25) is 17.6 Å². The number of aryl methyl sites for hydroxylation is 1. The average molecular weight is 412 g/mol. The molecule has 1 aromatic heterocycles. The van der Waals surface area contributed by atoms with E-state index in [1.54, 1.807) is 11.0 Å². The second-order valence-electron chi connectivity index (χ2n) is 7.14. The summed E-state index contributed by atoms with van der Waals surface area (Å²) in [4.78, 5) is 18.9. The summed E-state index contributed by atoms with van der Waals surface area (Å²) < 4.78 is 11.1. The van der Waals surface area contributed by atoms with Crippen LogP contribution in [0.1, 0.15) is 37.1 Å². The van der Waals surface area contributed by atoms with E-state index in [9.17, 15) is 4.79 Å². The molecule has 1 amide bonds. The molecule has 0 aliphatic carbocycles. The number of aromatic nitrogens is 2. The first-order valence-electron chi connectivity index (χ1n) is 9.69. The lowest BCUT2D eigenvalue weighted by Crippen LogP contribution is -2.25. The maximum absolute atomic E-state index is 12.6. The molecule has 1 unspecified atom stereocenters. The number of halogens is 1. The molecule has 0 spiro atoms. The maximum Gasteiger partial charge on any atom is 0.232 e. The smallest absolute Gasteiger partial charge is 0.232 e. The summed E-state index contributed by atoms with van der Waals surface area (Å²) in [6.07, 6.45) is 1.27. The van der Waals surface area contributed by atoms with Crippen LogP contribution >= 0.6 is 11.6 Å². The Hall–Kier alpha value is -2.86. The van der Waals surface area contributed by atoms with Gasteiger partial charge in [-0.15, -0.1) is 0 Å². The number of rotatable bonds is 6. The highest BCUT2D eigenvalue weighted by Gasteiger charge is 2.36. The Balaban J connectivity index is 1.51. The number of hydrogen-bond acceptors (Lipinski definition) is 5. The summed E-state index contributed by atoms with van der Waals surface area (Å²) in [6, 6.07) is 13.2. The quantitative estimate of drug-likeness (QED) is 0.570. The van der Waals surface area contributed by atoms with E-state index in [2.05, 4.69) is 17.1 Å². The van der Waals surface area contributed by atoms with Crippen molar-refractivity contribution in [1.82, 2.24) is 10.1 Å². The average Bonchev–Trinajstić information content (AvgIpc) is 3.34. The van der Waals surface area contributed by atoms with Gasteiger partial charge in [-0.1, -0.05) is 35.8 Å². The van der Waals surface area contributed by atoms with Gasteiger partial charge in [0, 0.05) is 18.5 Å². The van der Waals surface area contributed by atoms with Crippen molar-refractivity contribution in [2.75, 3.05) is 18.1 Å². The second-order valence-corrected chi connectivity index (χ2v) is 7.55. The lowest BCUT2D eigenvalue weighted by atomic mass is 10.1. The number of anilines is 1. The van der Waals surface area contributed by atoms with Gasteiger partial charge in [0.1, 0.15) is 5.75 Å². The van der Waals surface area contributed by atoms with Crippen molar-refractivity contribution in [3.8, 4) is 17.1 Å². The molecule has 1 aliphatic rings. The molecule has 6 nitrogen and oxygen atoms in total. The van der Waals surface area contributed by atoms with Gasteiger partial charge in [0.25, 0.3) is 0 Å². The number of hydrogen-bond donors (Lipinski definition) is 0. The van der Waals surface area contributed by atoms with Crippen LogP contribution in [0.5, 0.6) is 5.75 Å². The molecule has 0 N–H and O–H groups in total. The Morgan fingerprint density at radius 3 is 2.76 bits per heavy atom. The highest BCUT2D eigenvalue weighted by molar-refractivity contribution is 6.34. The van der Waals surface area contributed by atoms with Crippen molar-refractivity contribution in [3.05, 3.63) is 58.9 Å². The van der Waals surface area contributed by atoms with E-state index in [1.165, 1.54) is 0 Å². The van der Waals surface area contributed by atoms with E-state index in [4.69, 9.17) is 20.9 Å². The predicted molar refractivity (Wildman–Crippen MR) is 111 cm³/mol. The number of ether oxygens (including phenoxy) is 1. The largest absolute Gasteiger partial charge is 0.494 e. The third kappa shape index (κ3) is 3.98. The van der Waals surface area contributed by atoms with Gasteiger partial charge in [-0.05, 0) is 49.2 Å². The first-order valence-corrected chi connectivity index (χ1v) is 10.1. The zero-order valence-electron chi connectivity index (χ0n) is 16.4. The van der Waals surface area contributed by atoms with Crippen molar-refractivity contribution in [2.24, 2.45) is 0 Å². The van der Waals surface area contributed by atoms with Crippen molar-refractivity contribution in [3.63, 3.8) is 0 Å². The topological polar surface area (TPSA) is 68.5 Å². The molecule has 0 saturated carbocycles. The highest BCUT2D eigenvalue weighted by Crippen LogP contribution is 2.37. The van der Waals surface area contributed by atoms with Gasteiger partial charge < -0.3 is 14.2 Å². The predicted octanol–water partition coefficient (Wildman–Crippen LogP) is 5.01. The van der Waals surface area contributed by atoms with E-state index >= 15 is 0 Å². The fourth-order valence-electron chi connectivity index (χ4n) is 3.49. The monoisotopic (exact) mass is 411 g/mol. The fraction of sp³-hybridized carbons (Fsp3) is 0.318. The van der Waals surface area contributed by atoms with E-state index in [0.717, 1.165) is 29.0 Å². The molecule has 1 atom stereocenters. The lowest BCUT2D eigenvalue weighted by Gasteiger charge is -2.20. The van der Waals surface area contributed by atoms with E-state index < -0.39 is 0 Å². The summed E-state index contributed by atoms with van der Waals surface area (Å²) in [5, 5.41) is 4.66. The van der Waals surface area contributed by atoms with Crippen LogP contribution in [0.25, 0.3) is 11.4 Å². The number of carbonyl (C=O) groups excluding carboxylic acids is 1. The van der Waals surface area contributed by atoms with Crippen LogP contribution in [0, 0.1) is 6.92 Å². The van der Waals surface area contributed by atoms with Crippen molar-refractivity contribution >= 4 is 23.2 Å². The van der Waals surface area contributed by atoms with E-state index in [-0.39, 0.29) is 11.8 Å². The molecule has 150 valence electrons. The molecule has 2 heterocycles. The minimum Gasteiger partial charge on any atom is -0.494 e. The molecule has 1 saturated heterocycles. The minimum atomic E-state index is -0.161. The van der Waals surface area contributed by atoms with E-state index in [1.807, 2.05) is 43.3 Å². The Morgan fingerprint density at radius 2 is 2.03 bits per heavy atom. The Labute approximate surface area is 174 Å². The summed E-state index contributed by atoms with van der Waals surface area (Å²) in [7, 11) is 0. The van der Waals surface area contributed by atoms with Crippen LogP contribution in [0.3, 0.4) is 0 Å². The Morgan fingerprint density at radius 1 is 1.24 bits per heavy atom. The van der Waals surface area contributed by atoms with Gasteiger partial charge in [-0.2, -0.15) is 4.98 Å². The van der Waals surface area contributed by atoms with Crippen LogP contribution < -0.4 is 9.64 Å². The molecule has 0 bridgehead atoms. The van der Waals surface area contributed by atoms with Gasteiger partial charge >= 0.3 is 0 Å². The third-order valence-corrected chi connectivity index (χ3v) is 5.26. The maximum atomic E-state index is 12.6. The van der Waals surface area contributed by atoms with Crippen LogP contribution in [0.4, 0.5) is 5.69 Å².